The number of benzene rings is 1. The second-order valence-corrected chi connectivity index (χ2v) is 6.81. The second kappa shape index (κ2) is 6.97. The molecule has 2 aliphatic rings. The van der Waals surface area contributed by atoms with E-state index in [0.29, 0.717) is 36.7 Å². The molecular weight excluding hydrogens is 297 g/mol. The maximum absolute atomic E-state index is 13.9. The minimum absolute atomic E-state index is 0.100. The highest BCUT2D eigenvalue weighted by Gasteiger charge is 2.29. The summed E-state index contributed by atoms with van der Waals surface area (Å²) in [5.74, 6) is 0.322. The fraction of sp³-hybridized carbons (Fsp3) is 0.611. The zero-order valence-electron chi connectivity index (χ0n) is 13.5. The van der Waals surface area contributed by atoms with Gasteiger partial charge in [0.1, 0.15) is 5.82 Å². The molecule has 1 aromatic rings. The number of ether oxygens (including phenoxy) is 1. The first-order valence-electron chi connectivity index (χ1n) is 8.38. The summed E-state index contributed by atoms with van der Waals surface area (Å²) in [5, 5.41) is 9.65. The van der Waals surface area contributed by atoms with Crippen LogP contribution in [0.4, 0.5) is 4.39 Å². The van der Waals surface area contributed by atoms with E-state index in [-0.39, 0.29) is 24.2 Å². The van der Waals surface area contributed by atoms with Crippen molar-refractivity contribution in [3.05, 3.63) is 35.1 Å². The third-order valence-electron chi connectivity index (χ3n) is 4.79. The van der Waals surface area contributed by atoms with Gasteiger partial charge in [-0.2, -0.15) is 0 Å². The van der Waals surface area contributed by atoms with E-state index in [1.807, 2.05) is 0 Å². The maximum Gasteiger partial charge on any atom is 0.253 e. The van der Waals surface area contributed by atoms with Gasteiger partial charge in [-0.25, -0.2) is 4.39 Å². The van der Waals surface area contributed by atoms with Crippen molar-refractivity contribution < 1.29 is 19.0 Å². The Morgan fingerprint density at radius 3 is 2.87 bits per heavy atom. The predicted molar refractivity (Wildman–Crippen MR) is 84.5 cm³/mol. The van der Waals surface area contributed by atoms with Gasteiger partial charge in [-0.1, -0.05) is 0 Å². The van der Waals surface area contributed by atoms with Gasteiger partial charge >= 0.3 is 0 Å². The van der Waals surface area contributed by atoms with Gasteiger partial charge in [-0.3, -0.25) is 4.79 Å². The molecule has 2 fully saturated rings. The average Bonchev–Trinajstić information content (AvgIpc) is 3.21. The molecule has 2 atom stereocenters. The van der Waals surface area contributed by atoms with Gasteiger partial charge in [0.2, 0.25) is 0 Å². The number of aliphatic hydroxyl groups is 1. The van der Waals surface area contributed by atoms with E-state index < -0.39 is 6.10 Å². The third kappa shape index (κ3) is 4.09. The Morgan fingerprint density at radius 1 is 1.43 bits per heavy atom. The molecule has 0 aromatic heterocycles. The Bertz CT molecular complexity index is 571. The van der Waals surface area contributed by atoms with Crippen LogP contribution in [0, 0.1) is 17.7 Å². The van der Waals surface area contributed by atoms with Gasteiger partial charge < -0.3 is 14.7 Å². The summed E-state index contributed by atoms with van der Waals surface area (Å²) in [5.41, 5.74) is 0.922. The Kier molecular flexibility index (Phi) is 4.97. The van der Waals surface area contributed by atoms with Gasteiger partial charge in [0.25, 0.3) is 5.91 Å². The topological polar surface area (TPSA) is 49.8 Å². The van der Waals surface area contributed by atoms with Crippen LogP contribution in [0.5, 0.6) is 0 Å². The van der Waals surface area contributed by atoms with Gasteiger partial charge in [0.05, 0.1) is 12.7 Å². The Hall–Kier alpha value is -1.46. The number of carbonyl (C=O) groups excluding carboxylic acids is 1. The Morgan fingerprint density at radius 2 is 2.22 bits per heavy atom. The number of aliphatic hydroxyl groups excluding tert-OH is 1. The van der Waals surface area contributed by atoms with E-state index in [4.69, 9.17) is 4.74 Å². The monoisotopic (exact) mass is 321 g/mol. The Labute approximate surface area is 136 Å². The molecule has 1 saturated carbocycles. The van der Waals surface area contributed by atoms with Crippen molar-refractivity contribution in [3.8, 4) is 0 Å². The van der Waals surface area contributed by atoms with E-state index in [1.165, 1.54) is 25.0 Å². The number of rotatable bonds is 6. The molecule has 1 heterocycles. The lowest BCUT2D eigenvalue weighted by molar-refractivity contribution is 0.0761. The summed E-state index contributed by atoms with van der Waals surface area (Å²) < 4.78 is 19.4. The van der Waals surface area contributed by atoms with E-state index >= 15 is 0 Å². The highest BCUT2D eigenvalue weighted by atomic mass is 19.1. The molecule has 1 N–H and O–H groups in total. The number of amides is 1. The lowest BCUT2D eigenvalue weighted by atomic mass is 10.0. The van der Waals surface area contributed by atoms with Gasteiger partial charge in [-0.05, 0) is 50.3 Å². The van der Waals surface area contributed by atoms with Crippen LogP contribution in [-0.4, -0.2) is 41.7 Å². The predicted octanol–water partition coefficient (Wildman–Crippen LogP) is 2.60. The van der Waals surface area contributed by atoms with Gasteiger partial charge in [0.15, 0.2) is 0 Å². The highest BCUT2D eigenvalue weighted by Crippen LogP contribution is 2.29. The largest absolute Gasteiger partial charge is 0.393 e. The molecule has 1 saturated heterocycles. The van der Waals surface area contributed by atoms with E-state index in [1.54, 1.807) is 17.9 Å². The Balaban J connectivity index is 1.63. The second-order valence-electron chi connectivity index (χ2n) is 6.81. The minimum atomic E-state index is -0.410. The quantitative estimate of drug-likeness (QED) is 0.876. The average molecular weight is 321 g/mol. The van der Waals surface area contributed by atoms with Crippen molar-refractivity contribution in [3.63, 3.8) is 0 Å². The zero-order chi connectivity index (χ0) is 16.4. The van der Waals surface area contributed by atoms with Crippen LogP contribution in [0.3, 0.4) is 0 Å². The molecule has 0 spiro atoms. The van der Waals surface area contributed by atoms with Crippen molar-refractivity contribution in [1.29, 1.82) is 0 Å². The smallest absolute Gasteiger partial charge is 0.253 e. The number of hydrogen-bond acceptors (Lipinski definition) is 3. The number of carbonyl (C=O) groups is 1. The lowest BCUT2D eigenvalue weighted by Gasteiger charge is -2.18. The molecule has 126 valence electrons. The molecule has 1 aromatic carbocycles. The number of halogens is 1. The van der Waals surface area contributed by atoms with Crippen LogP contribution in [0.15, 0.2) is 18.2 Å². The van der Waals surface area contributed by atoms with Crippen LogP contribution in [-0.2, 0) is 11.3 Å². The van der Waals surface area contributed by atoms with E-state index in [9.17, 15) is 14.3 Å². The number of hydrogen-bond donors (Lipinski definition) is 1. The molecule has 1 aliphatic heterocycles. The summed E-state index contributed by atoms with van der Waals surface area (Å²) in [6.45, 7) is 3.83. The van der Waals surface area contributed by atoms with Crippen molar-refractivity contribution in [2.75, 3.05) is 19.7 Å². The lowest BCUT2D eigenvalue weighted by Crippen LogP contribution is -2.30. The fourth-order valence-electron chi connectivity index (χ4n) is 2.99. The van der Waals surface area contributed by atoms with Crippen LogP contribution in [0.1, 0.15) is 42.1 Å². The van der Waals surface area contributed by atoms with Crippen LogP contribution in [0.25, 0.3) is 0 Å². The standard InChI is InChI=1S/C18H24FNO3/c1-12(21)15-6-7-20(9-15)18(22)14-4-5-17(19)16(8-14)11-23-10-13-2-3-13/h4-5,8,12-13,15,21H,2-3,6-7,9-11H2,1H3. The molecule has 1 aliphatic carbocycles. The summed E-state index contributed by atoms with van der Waals surface area (Å²) in [6.07, 6.45) is 2.79. The summed E-state index contributed by atoms with van der Waals surface area (Å²) >= 11 is 0. The molecule has 0 bridgehead atoms. The molecule has 0 radical (unpaired) electrons. The molecule has 3 rings (SSSR count). The molecule has 5 heteroatoms. The van der Waals surface area contributed by atoms with Gasteiger partial charge in [-0.15, -0.1) is 0 Å². The maximum atomic E-state index is 13.9. The third-order valence-corrected chi connectivity index (χ3v) is 4.79. The van der Waals surface area contributed by atoms with Crippen molar-refractivity contribution >= 4 is 5.91 Å². The highest BCUT2D eigenvalue weighted by molar-refractivity contribution is 5.94. The molecule has 2 unspecified atom stereocenters. The summed E-state index contributed by atoms with van der Waals surface area (Å²) in [4.78, 5) is 14.3. The van der Waals surface area contributed by atoms with Crippen molar-refractivity contribution in [2.45, 2.75) is 38.9 Å². The SMILES string of the molecule is CC(O)C1CCN(C(=O)c2ccc(F)c(COCC3CC3)c2)C1. The summed E-state index contributed by atoms with van der Waals surface area (Å²) in [6, 6.07) is 4.46. The van der Waals surface area contributed by atoms with Crippen molar-refractivity contribution in [1.82, 2.24) is 4.90 Å². The normalized spacial score (nSPS) is 22.4. The van der Waals surface area contributed by atoms with Crippen molar-refractivity contribution in [2.24, 2.45) is 11.8 Å². The molecule has 23 heavy (non-hydrogen) atoms. The van der Waals surface area contributed by atoms with Crippen LogP contribution < -0.4 is 0 Å². The first-order chi connectivity index (χ1) is 11.0. The molecule has 4 nitrogen and oxygen atoms in total. The number of likely N-dealkylation sites (tertiary alicyclic amines) is 1. The van der Waals surface area contributed by atoms with E-state index in [0.717, 1.165) is 6.42 Å². The molecular formula is C18H24FNO3. The molecule has 1 amide bonds. The minimum Gasteiger partial charge on any atom is -0.393 e. The number of nitrogens with zero attached hydrogens (tertiary/aromatic N) is 1. The van der Waals surface area contributed by atoms with Crippen LogP contribution >= 0.6 is 0 Å². The van der Waals surface area contributed by atoms with Crippen LogP contribution in [0.2, 0.25) is 0 Å². The fourth-order valence-corrected chi connectivity index (χ4v) is 2.99. The van der Waals surface area contributed by atoms with Gasteiger partial charge in [0, 0.05) is 36.7 Å². The zero-order valence-corrected chi connectivity index (χ0v) is 13.5. The summed E-state index contributed by atoms with van der Waals surface area (Å²) in [7, 11) is 0. The van der Waals surface area contributed by atoms with E-state index in [2.05, 4.69) is 0 Å². The first kappa shape index (κ1) is 16.4. The first-order valence-corrected chi connectivity index (χ1v) is 8.38.